The summed E-state index contributed by atoms with van der Waals surface area (Å²) in [7, 11) is -2.54. The molecule has 0 unspecified atom stereocenters. The lowest BCUT2D eigenvalue weighted by Crippen LogP contribution is -2.35. The van der Waals surface area contributed by atoms with Gasteiger partial charge in [0, 0.05) is 6.07 Å². The second kappa shape index (κ2) is 7.69. The predicted octanol–water partition coefficient (Wildman–Crippen LogP) is 2.63. The number of hydrogen-bond acceptors (Lipinski definition) is 6. The zero-order chi connectivity index (χ0) is 17.7. The van der Waals surface area contributed by atoms with E-state index in [1.54, 1.807) is 39.2 Å². The maximum atomic E-state index is 12.3. The summed E-state index contributed by atoms with van der Waals surface area (Å²) in [5.74, 6) is 0.395. The van der Waals surface area contributed by atoms with Crippen molar-refractivity contribution < 1.29 is 22.7 Å². The van der Waals surface area contributed by atoms with Crippen LogP contribution in [0.3, 0.4) is 0 Å². The van der Waals surface area contributed by atoms with Crippen molar-refractivity contribution in [3.8, 4) is 5.75 Å². The number of nitrogens with one attached hydrogen (secondary N) is 1. The van der Waals surface area contributed by atoms with Gasteiger partial charge >= 0.3 is 6.09 Å². The molecule has 0 heterocycles. The lowest BCUT2D eigenvalue weighted by molar-refractivity contribution is 0.0564. The maximum Gasteiger partial charge on any atom is 0.413 e. The number of carbonyl (C=O) groups excluding carboxylic acids is 1. The second-order valence-corrected chi connectivity index (χ2v) is 7.78. The van der Waals surface area contributed by atoms with Crippen molar-refractivity contribution in [2.75, 3.05) is 13.4 Å². The number of nitrogens with zero attached hydrogens (tertiary/aromatic N) is 1. The number of benzene rings is 1. The summed E-state index contributed by atoms with van der Waals surface area (Å²) in [6.45, 7) is 5.11. The molecule has 9 heteroatoms. The molecule has 0 aliphatic rings. The van der Waals surface area contributed by atoms with Crippen molar-refractivity contribution in [3.05, 3.63) is 24.3 Å². The lowest BCUT2D eigenvalue weighted by atomic mass is 10.2. The average Bonchev–Trinajstić information content (AvgIpc) is 2.44. The summed E-state index contributed by atoms with van der Waals surface area (Å²) in [5, 5.41) is 2.24. The molecule has 23 heavy (non-hydrogen) atoms. The molecule has 128 valence electrons. The van der Waals surface area contributed by atoms with Gasteiger partial charge in [-0.15, -0.1) is 4.40 Å². The van der Waals surface area contributed by atoms with E-state index >= 15 is 0 Å². The Labute approximate surface area is 140 Å². The van der Waals surface area contributed by atoms with E-state index in [0.29, 0.717) is 5.75 Å². The van der Waals surface area contributed by atoms with Gasteiger partial charge in [0.25, 0.3) is 10.0 Å². The zero-order valence-corrected chi connectivity index (χ0v) is 15.2. The van der Waals surface area contributed by atoms with Crippen LogP contribution >= 0.6 is 11.8 Å². The summed E-state index contributed by atoms with van der Waals surface area (Å²) in [4.78, 5) is 11.7. The quantitative estimate of drug-likeness (QED) is 0.658. The fourth-order valence-corrected chi connectivity index (χ4v) is 3.09. The Morgan fingerprint density at radius 1 is 1.30 bits per heavy atom. The number of carbonyl (C=O) groups is 1. The molecule has 0 aliphatic heterocycles. The molecule has 0 aliphatic carbocycles. The Balaban J connectivity index is 3.01. The van der Waals surface area contributed by atoms with Crippen LogP contribution in [0.25, 0.3) is 0 Å². The molecule has 0 aromatic heterocycles. The number of sulfonamides is 1. The van der Waals surface area contributed by atoms with Crippen molar-refractivity contribution >= 4 is 33.0 Å². The monoisotopic (exact) mass is 360 g/mol. The van der Waals surface area contributed by atoms with Crippen molar-refractivity contribution in [2.45, 2.75) is 31.3 Å². The fraction of sp³-hybridized carbons (Fsp3) is 0.429. The van der Waals surface area contributed by atoms with Crippen LogP contribution in [-0.4, -0.2) is 38.6 Å². The van der Waals surface area contributed by atoms with Gasteiger partial charge < -0.3 is 9.47 Å². The first-order valence-corrected chi connectivity index (χ1v) is 9.27. The van der Waals surface area contributed by atoms with Gasteiger partial charge in [-0.3, -0.25) is 5.32 Å². The largest absolute Gasteiger partial charge is 0.497 e. The fourth-order valence-electron chi connectivity index (χ4n) is 1.43. The highest BCUT2D eigenvalue weighted by Gasteiger charge is 2.20. The van der Waals surface area contributed by atoms with Gasteiger partial charge in [0.1, 0.15) is 11.4 Å². The normalized spacial score (nSPS) is 12.7. The molecule has 0 spiro atoms. The highest BCUT2D eigenvalue weighted by atomic mass is 32.2. The van der Waals surface area contributed by atoms with Crippen LogP contribution < -0.4 is 10.1 Å². The van der Waals surface area contributed by atoms with E-state index in [1.165, 1.54) is 19.2 Å². The minimum Gasteiger partial charge on any atom is -0.497 e. The number of rotatable bonds is 3. The van der Waals surface area contributed by atoms with E-state index in [4.69, 9.17) is 9.47 Å². The molecule has 1 N–H and O–H groups in total. The molecule has 0 saturated heterocycles. The van der Waals surface area contributed by atoms with E-state index < -0.39 is 21.7 Å². The molecule has 1 aromatic carbocycles. The third-order valence-electron chi connectivity index (χ3n) is 2.34. The first-order chi connectivity index (χ1) is 10.6. The summed E-state index contributed by atoms with van der Waals surface area (Å²) in [5.41, 5.74) is -0.695. The Bertz CT molecular complexity index is 693. The minimum atomic E-state index is -3.98. The van der Waals surface area contributed by atoms with E-state index in [1.807, 2.05) is 0 Å². The smallest absolute Gasteiger partial charge is 0.413 e. The number of hydrogen-bond donors (Lipinski definition) is 1. The Morgan fingerprint density at radius 3 is 2.48 bits per heavy atom. The Hall–Kier alpha value is -1.74. The minimum absolute atomic E-state index is 0.0330. The standard InChI is InChI=1S/C14H20N2O5S2/c1-14(2,3)21-13(17)15-12(22-5)16-23(18,19)11-8-6-7-10(9-11)20-4/h6-9H,1-5H3,(H,15,16,17). The summed E-state index contributed by atoms with van der Waals surface area (Å²) < 4.78 is 38.3. The van der Waals surface area contributed by atoms with Crippen LogP contribution in [0.5, 0.6) is 5.75 Å². The molecule has 1 rings (SSSR count). The maximum absolute atomic E-state index is 12.3. The van der Waals surface area contributed by atoms with E-state index in [2.05, 4.69) is 9.71 Å². The molecule has 0 fully saturated rings. The van der Waals surface area contributed by atoms with Crippen LogP contribution in [0.1, 0.15) is 20.8 Å². The molecule has 7 nitrogen and oxygen atoms in total. The highest BCUT2D eigenvalue weighted by molar-refractivity contribution is 8.13. The molecule has 0 saturated carbocycles. The van der Waals surface area contributed by atoms with Gasteiger partial charge in [0.05, 0.1) is 12.0 Å². The topological polar surface area (TPSA) is 94.1 Å². The summed E-state index contributed by atoms with van der Waals surface area (Å²) >= 11 is 0.983. The van der Waals surface area contributed by atoms with Crippen LogP contribution in [-0.2, 0) is 14.8 Å². The molecule has 0 radical (unpaired) electrons. The lowest BCUT2D eigenvalue weighted by Gasteiger charge is -2.19. The Morgan fingerprint density at radius 2 is 1.96 bits per heavy atom. The highest BCUT2D eigenvalue weighted by Crippen LogP contribution is 2.19. The van der Waals surface area contributed by atoms with E-state index in [0.717, 1.165) is 11.8 Å². The van der Waals surface area contributed by atoms with Gasteiger partial charge in [0.2, 0.25) is 0 Å². The predicted molar refractivity (Wildman–Crippen MR) is 90.5 cm³/mol. The number of alkyl carbamates (subject to hydrolysis) is 1. The third kappa shape index (κ3) is 6.49. The van der Waals surface area contributed by atoms with Crippen molar-refractivity contribution in [1.29, 1.82) is 0 Å². The van der Waals surface area contributed by atoms with Crippen LogP contribution in [0.15, 0.2) is 33.6 Å². The van der Waals surface area contributed by atoms with E-state index in [-0.39, 0.29) is 10.1 Å². The van der Waals surface area contributed by atoms with Gasteiger partial charge in [-0.1, -0.05) is 17.8 Å². The number of thioether (sulfide) groups is 1. The van der Waals surface area contributed by atoms with Gasteiger partial charge in [-0.05, 0) is 39.2 Å². The molecule has 0 bridgehead atoms. The van der Waals surface area contributed by atoms with Crippen molar-refractivity contribution in [2.24, 2.45) is 4.40 Å². The van der Waals surface area contributed by atoms with Crippen LogP contribution in [0.4, 0.5) is 4.79 Å². The molecule has 0 atom stereocenters. The molecule has 1 amide bonds. The first kappa shape index (κ1) is 19.3. The Kier molecular flexibility index (Phi) is 6.46. The number of ether oxygens (including phenoxy) is 2. The molecular weight excluding hydrogens is 340 g/mol. The first-order valence-electron chi connectivity index (χ1n) is 6.60. The van der Waals surface area contributed by atoms with Gasteiger partial charge in [-0.2, -0.15) is 8.42 Å². The third-order valence-corrected chi connectivity index (χ3v) is 4.31. The summed E-state index contributed by atoms with van der Waals surface area (Å²) in [6.07, 6.45) is 0.823. The van der Waals surface area contributed by atoms with E-state index in [9.17, 15) is 13.2 Å². The SMILES string of the molecule is COc1cccc(S(=O)(=O)N=C(NC(=O)OC(C)(C)C)SC)c1. The second-order valence-electron chi connectivity index (χ2n) is 5.38. The number of methoxy groups -OCH3 is 1. The van der Waals surface area contributed by atoms with Crippen molar-refractivity contribution in [1.82, 2.24) is 5.32 Å². The zero-order valence-electron chi connectivity index (χ0n) is 13.6. The molecular formula is C14H20N2O5S2. The van der Waals surface area contributed by atoms with Crippen LogP contribution in [0, 0.1) is 0 Å². The number of amides is 1. The van der Waals surface area contributed by atoms with Gasteiger partial charge in [0.15, 0.2) is 5.17 Å². The summed E-state index contributed by atoms with van der Waals surface area (Å²) in [6, 6.07) is 5.91. The number of amidine groups is 1. The average molecular weight is 360 g/mol. The molecule has 1 aromatic rings. The van der Waals surface area contributed by atoms with Gasteiger partial charge in [-0.25, -0.2) is 4.79 Å². The van der Waals surface area contributed by atoms with Crippen molar-refractivity contribution in [3.63, 3.8) is 0 Å². The van der Waals surface area contributed by atoms with Crippen LogP contribution in [0.2, 0.25) is 0 Å².